The Morgan fingerprint density at radius 3 is 2.73 bits per heavy atom. The highest BCUT2D eigenvalue weighted by atomic mass is 16.2. The lowest BCUT2D eigenvalue weighted by Crippen LogP contribution is -2.41. The molecule has 2 amide bonds. The zero-order chi connectivity index (χ0) is 11.4. The van der Waals surface area contributed by atoms with Gasteiger partial charge < -0.3 is 15.5 Å². The molecule has 88 valence electrons. The van der Waals surface area contributed by atoms with E-state index in [1.165, 1.54) is 0 Å². The number of rotatable bonds is 3. The number of carbonyl (C=O) groups is 1. The Bertz CT molecular complexity index is 218. The van der Waals surface area contributed by atoms with E-state index in [0.29, 0.717) is 18.4 Å². The second-order valence-corrected chi connectivity index (χ2v) is 4.89. The third kappa shape index (κ3) is 3.38. The molecule has 1 rings (SSSR count). The Kier molecular flexibility index (Phi) is 4.39. The molecule has 1 heterocycles. The minimum Gasteiger partial charge on any atom is -0.330 e. The van der Waals surface area contributed by atoms with Gasteiger partial charge in [-0.3, -0.25) is 0 Å². The zero-order valence-corrected chi connectivity index (χ0v) is 10.1. The van der Waals surface area contributed by atoms with Crippen LogP contribution in [-0.4, -0.2) is 49.1 Å². The van der Waals surface area contributed by atoms with Crippen molar-refractivity contribution < 1.29 is 4.79 Å². The Hall–Kier alpha value is -0.770. The second-order valence-electron chi connectivity index (χ2n) is 4.89. The standard InChI is InChI=1S/C11H23N3O/c1-9(2)7-13(3)11(15)14-5-4-10(6-12)8-14/h9-10H,4-8,12H2,1-3H3. The smallest absolute Gasteiger partial charge is 0.319 e. The van der Waals surface area contributed by atoms with Crippen molar-refractivity contribution >= 4 is 6.03 Å². The maximum Gasteiger partial charge on any atom is 0.319 e. The highest BCUT2D eigenvalue weighted by molar-refractivity contribution is 5.74. The van der Waals surface area contributed by atoms with Crippen LogP contribution in [0.5, 0.6) is 0 Å². The number of amides is 2. The van der Waals surface area contributed by atoms with Crippen LogP contribution < -0.4 is 5.73 Å². The SMILES string of the molecule is CC(C)CN(C)C(=O)N1CCC(CN)C1. The van der Waals surface area contributed by atoms with Gasteiger partial charge in [0.05, 0.1) is 0 Å². The summed E-state index contributed by atoms with van der Waals surface area (Å²) in [7, 11) is 1.87. The van der Waals surface area contributed by atoms with Crippen LogP contribution in [0.3, 0.4) is 0 Å². The summed E-state index contributed by atoms with van der Waals surface area (Å²) in [6.07, 6.45) is 1.05. The Morgan fingerprint density at radius 2 is 2.27 bits per heavy atom. The molecular weight excluding hydrogens is 190 g/mol. The summed E-state index contributed by atoms with van der Waals surface area (Å²) in [6, 6.07) is 0.152. The van der Waals surface area contributed by atoms with Gasteiger partial charge in [-0.25, -0.2) is 4.79 Å². The lowest BCUT2D eigenvalue weighted by molar-refractivity contribution is 0.166. The maximum absolute atomic E-state index is 12.0. The average molecular weight is 213 g/mol. The monoisotopic (exact) mass is 213 g/mol. The molecule has 0 aromatic carbocycles. The molecule has 1 aliphatic rings. The van der Waals surface area contributed by atoms with Gasteiger partial charge in [0.2, 0.25) is 0 Å². The van der Waals surface area contributed by atoms with Crippen molar-refractivity contribution in [3.05, 3.63) is 0 Å². The highest BCUT2D eigenvalue weighted by Gasteiger charge is 2.27. The molecule has 1 atom stereocenters. The van der Waals surface area contributed by atoms with Crippen LogP contribution in [0.2, 0.25) is 0 Å². The van der Waals surface area contributed by atoms with Gasteiger partial charge in [-0.05, 0) is 24.8 Å². The Balaban J connectivity index is 2.40. The molecule has 1 fully saturated rings. The van der Waals surface area contributed by atoms with E-state index < -0.39 is 0 Å². The van der Waals surface area contributed by atoms with Crippen molar-refractivity contribution in [3.63, 3.8) is 0 Å². The van der Waals surface area contributed by atoms with E-state index in [1.54, 1.807) is 0 Å². The minimum atomic E-state index is 0.152. The summed E-state index contributed by atoms with van der Waals surface area (Å²) >= 11 is 0. The molecule has 2 N–H and O–H groups in total. The van der Waals surface area contributed by atoms with Gasteiger partial charge in [-0.15, -0.1) is 0 Å². The first-order valence-electron chi connectivity index (χ1n) is 5.74. The maximum atomic E-state index is 12.0. The Labute approximate surface area is 92.4 Å². The predicted molar refractivity (Wildman–Crippen MR) is 61.6 cm³/mol. The molecule has 4 nitrogen and oxygen atoms in total. The lowest BCUT2D eigenvalue weighted by atomic mass is 10.1. The van der Waals surface area contributed by atoms with Gasteiger partial charge in [0.15, 0.2) is 0 Å². The van der Waals surface area contributed by atoms with Gasteiger partial charge in [-0.2, -0.15) is 0 Å². The van der Waals surface area contributed by atoms with Crippen LogP contribution >= 0.6 is 0 Å². The summed E-state index contributed by atoms with van der Waals surface area (Å²) in [4.78, 5) is 15.7. The van der Waals surface area contributed by atoms with Crippen LogP contribution in [0, 0.1) is 11.8 Å². The van der Waals surface area contributed by atoms with Gasteiger partial charge >= 0.3 is 6.03 Å². The molecule has 0 spiro atoms. The van der Waals surface area contributed by atoms with E-state index in [0.717, 1.165) is 26.1 Å². The van der Waals surface area contributed by atoms with E-state index in [4.69, 9.17) is 5.73 Å². The highest BCUT2D eigenvalue weighted by Crippen LogP contribution is 2.16. The number of urea groups is 1. The largest absolute Gasteiger partial charge is 0.330 e. The molecule has 1 unspecified atom stereocenters. The molecule has 0 saturated carbocycles. The zero-order valence-electron chi connectivity index (χ0n) is 10.1. The van der Waals surface area contributed by atoms with E-state index in [2.05, 4.69) is 13.8 Å². The summed E-state index contributed by atoms with van der Waals surface area (Å²) < 4.78 is 0. The minimum absolute atomic E-state index is 0.152. The average Bonchev–Trinajstić information content (AvgIpc) is 2.63. The molecule has 1 saturated heterocycles. The van der Waals surface area contributed by atoms with Gasteiger partial charge in [-0.1, -0.05) is 13.8 Å². The number of nitrogens with zero attached hydrogens (tertiary/aromatic N) is 2. The fourth-order valence-electron chi connectivity index (χ4n) is 2.07. The van der Waals surface area contributed by atoms with E-state index in [1.807, 2.05) is 16.8 Å². The number of likely N-dealkylation sites (tertiary alicyclic amines) is 1. The first-order valence-corrected chi connectivity index (χ1v) is 5.74. The number of hydrogen-bond acceptors (Lipinski definition) is 2. The third-order valence-corrected chi connectivity index (χ3v) is 2.86. The fourth-order valence-corrected chi connectivity index (χ4v) is 2.07. The molecule has 4 heteroatoms. The number of hydrogen-bond donors (Lipinski definition) is 1. The van der Waals surface area contributed by atoms with Crippen molar-refractivity contribution in [3.8, 4) is 0 Å². The first-order chi connectivity index (χ1) is 7.04. The summed E-state index contributed by atoms with van der Waals surface area (Å²) in [5, 5.41) is 0. The molecule has 0 radical (unpaired) electrons. The molecule has 0 aromatic heterocycles. The van der Waals surface area contributed by atoms with Crippen LogP contribution in [0.25, 0.3) is 0 Å². The van der Waals surface area contributed by atoms with E-state index in [9.17, 15) is 4.79 Å². The van der Waals surface area contributed by atoms with Crippen LogP contribution in [0.1, 0.15) is 20.3 Å². The number of nitrogens with two attached hydrogens (primary N) is 1. The molecule has 0 aliphatic carbocycles. The molecule has 0 bridgehead atoms. The lowest BCUT2D eigenvalue weighted by Gasteiger charge is -2.25. The number of carbonyl (C=O) groups excluding carboxylic acids is 1. The van der Waals surface area contributed by atoms with Crippen molar-refractivity contribution in [1.29, 1.82) is 0 Å². The van der Waals surface area contributed by atoms with Crippen LogP contribution in [-0.2, 0) is 0 Å². The molecule has 15 heavy (non-hydrogen) atoms. The third-order valence-electron chi connectivity index (χ3n) is 2.86. The molecule has 0 aromatic rings. The first kappa shape index (κ1) is 12.3. The summed E-state index contributed by atoms with van der Waals surface area (Å²) in [6.45, 7) is 7.45. The van der Waals surface area contributed by atoms with Crippen LogP contribution in [0.15, 0.2) is 0 Å². The molecule has 1 aliphatic heterocycles. The molecular formula is C11H23N3O. The van der Waals surface area contributed by atoms with Crippen molar-refractivity contribution in [2.24, 2.45) is 17.6 Å². The van der Waals surface area contributed by atoms with Crippen molar-refractivity contribution in [1.82, 2.24) is 9.80 Å². The van der Waals surface area contributed by atoms with Crippen LogP contribution in [0.4, 0.5) is 4.79 Å². The second kappa shape index (κ2) is 5.35. The Morgan fingerprint density at radius 1 is 1.60 bits per heavy atom. The van der Waals surface area contributed by atoms with Crippen molar-refractivity contribution in [2.45, 2.75) is 20.3 Å². The summed E-state index contributed by atoms with van der Waals surface area (Å²) in [5.41, 5.74) is 5.60. The van der Waals surface area contributed by atoms with E-state index in [-0.39, 0.29) is 6.03 Å². The predicted octanol–water partition coefficient (Wildman–Crippen LogP) is 0.975. The van der Waals surface area contributed by atoms with Crippen molar-refractivity contribution in [2.75, 3.05) is 33.2 Å². The normalized spacial score (nSPS) is 21.1. The van der Waals surface area contributed by atoms with E-state index >= 15 is 0 Å². The van der Waals surface area contributed by atoms with Gasteiger partial charge in [0.25, 0.3) is 0 Å². The fraction of sp³-hybridized carbons (Fsp3) is 0.909. The van der Waals surface area contributed by atoms with Gasteiger partial charge in [0, 0.05) is 26.7 Å². The topological polar surface area (TPSA) is 49.6 Å². The quantitative estimate of drug-likeness (QED) is 0.759. The summed E-state index contributed by atoms with van der Waals surface area (Å²) in [5.74, 6) is 1.02. The van der Waals surface area contributed by atoms with Gasteiger partial charge in [0.1, 0.15) is 0 Å².